The number of carbonyl (C=O) groups excluding carboxylic acids is 1. The van der Waals surface area contributed by atoms with Crippen LogP contribution in [0.25, 0.3) is 11.3 Å². The second kappa shape index (κ2) is 9.48. The van der Waals surface area contributed by atoms with Crippen molar-refractivity contribution in [1.29, 1.82) is 0 Å². The van der Waals surface area contributed by atoms with E-state index in [0.29, 0.717) is 0 Å². The van der Waals surface area contributed by atoms with Crippen molar-refractivity contribution in [3.63, 3.8) is 0 Å². The smallest absolute Gasteiger partial charge is 0.435 e. The molecule has 4 aromatic rings. The van der Waals surface area contributed by atoms with Gasteiger partial charge in [-0.1, -0.05) is 6.07 Å². The molecule has 186 valence electrons. The number of benzene rings is 2. The monoisotopic (exact) mass is 505 g/mol. The molecule has 0 aliphatic rings. The lowest BCUT2D eigenvalue weighted by atomic mass is 10.1. The van der Waals surface area contributed by atoms with Crippen molar-refractivity contribution >= 4 is 23.4 Å². The van der Waals surface area contributed by atoms with Crippen LogP contribution >= 0.6 is 0 Å². The number of hydrogen-bond acceptors (Lipinski definition) is 5. The Labute approximate surface area is 199 Å². The van der Waals surface area contributed by atoms with Crippen LogP contribution in [0.5, 0.6) is 5.75 Å². The SMILES string of the molecule is Cn1cc(C(=O)NC(=Nc2cc(-c3ccc(O)cc3F)[nH]n2)Nc2cccc(F)c2)c(C(F)(F)F)n1. The maximum atomic E-state index is 14.2. The van der Waals surface area contributed by atoms with Gasteiger partial charge in [0, 0.05) is 36.6 Å². The fourth-order valence-corrected chi connectivity index (χ4v) is 3.17. The van der Waals surface area contributed by atoms with Crippen molar-refractivity contribution in [2.24, 2.45) is 12.0 Å². The average molecular weight is 505 g/mol. The molecule has 2 aromatic heterocycles. The number of hydrogen-bond donors (Lipinski definition) is 4. The summed E-state index contributed by atoms with van der Waals surface area (Å²) < 4.78 is 68.6. The molecule has 0 aliphatic carbocycles. The summed E-state index contributed by atoms with van der Waals surface area (Å²) in [6.07, 6.45) is -4.01. The van der Waals surface area contributed by atoms with E-state index in [1.165, 1.54) is 37.4 Å². The molecule has 0 unspecified atom stereocenters. The molecule has 0 spiro atoms. The standard InChI is InChI=1S/C22H16F5N7O2/c1-34-10-15(19(33-34)22(25,26)27)20(36)30-21(28-12-4-2-3-11(23)7-12)29-18-9-17(31-32-18)14-6-5-13(35)8-16(14)24/h2-10,35H,1H3,(H3,28,29,30,31,32,36). The number of phenols is 1. The van der Waals surface area contributed by atoms with Crippen LogP contribution in [-0.4, -0.2) is 37.0 Å². The van der Waals surface area contributed by atoms with E-state index in [1.54, 1.807) is 0 Å². The number of aromatic nitrogens is 4. The van der Waals surface area contributed by atoms with E-state index in [1.807, 2.05) is 0 Å². The first-order chi connectivity index (χ1) is 17.0. The molecule has 4 N–H and O–H groups in total. The molecule has 0 atom stereocenters. The number of H-pyrrole nitrogens is 1. The Morgan fingerprint density at radius 3 is 2.61 bits per heavy atom. The van der Waals surface area contributed by atoms with E-state index in [-0.39, 0.29) is 28.5 Å². The number of anilines is 1. The average Bonchev–Trinajstić information content (AvgIpc) is 3.40. The highest BCUT2D eigenvalue weighted by atomic mass is 19.4. The molecular formula is C22H16F5N7O2. The summed E-state index contributed by atoms with van der Waals surface area (Å²) in [5.41, 5.74) is -1.84. The largest absolute Gasteiger partial charge is 0.508 e. The van der Waals surface area contributed by atoms with Crippen LogP contribution in [0, 0.1) is 11.6 Å². The highest BCUT2D eigenvalue weighted by molar-refractivity contribution is 6.11. The van der Waals surface area contributed by atoms with E-state index in [2.05, 4.69) is 30.9 Å². The van der Waals surface area contributed by atoms with Gasteiger partial charge in [0.05, 0.1) is 11.3 Å². The number of phenolic OH excluding ortho intramolecular Hbond substituents is 1. The molecule has 9 nitrogen and oxygen atoms in total. The zero-order chi connectivity index (χ0) is 26.0. The molecule has 36 heavy (non-hydrogen) atoms. The van der Waals surface area contributed by atoms with Crippen LogP contribution < -0.4 is 10.6 Å². The van der Waals surface area contributed by atoms with E-state index < -0.39 is 40.9 Å². The summed E-state index contributed by atoms with van der Waals surface area (Å²) in [6, 6.07) is 9.75. The summed E-state index contributed by atoms with van der Waals surface area (Å²) >= 11 is 0. The number of aryl methyl sites for hydroxylation is 1. The molecule has 0 radical (unpaired) electrons. The van der Waals surface area contributed by atoms with Gasteiger partial charge < -0.3 is 10.4 Å². The van der Waals surface area contributed by atoms with Crippen LogP contribution in [-0.2, 0) is 13.2 Å². The van der Waals surface area contributed by atoms with Gasteiger partial charge in [-0.05, 0) is 30.3 Å². The first-order valence-corrected chi connectivity index (χ1v) is 10.1. The Kier molecular flexibility index (Phi) is 6.42. The molecule has 0 bridgehead atoms. The third-order valence-corrected chi connectivity index (χ3v) is 4.69. The van der Waals surface area contributed by atoms with Gasteiger partial charge in [-0.2, -0.15) is 28.4 Å². The van der Waals surface area contributed by atoms with Crippen molar-refractivity contribution in [3.05, 3.63) is 77.6 Å². The Hall–Kier alpha value is -4.75. The van der Waals surface area contributed by atoms with Crippen molar-refractivity contribution in [2.75, 3.05) is 5.32 Å². The predicted molar refractivity (Wildman–Crippen MR) is 118 cm³/mol. The van der Waals surface area contributed by atoms with Crippen LogP contribution in [0.2, 0.25) is 0 Å². The maximum absolute atomic E-state index is 14.2. The molecule has 0 fully saturated rings. The number of halogens is 5. The number of carbonyl (C=O) groups is 1. The van der Waals surface area contributed by atoms with Gasteiger partial charge >= 0.3 is 6.18 Å². The number of aromatic hydroxyl groups is 1. The van der Waals surface area contributed by atoms with Gasteiger partial charge in [0.2, 0.25) is 5.96 Å². The van der Waals surface area contributed by atoms with E-state index >= 15 is 0 Å². The third-order valence-electron chi connectivity index (χ3n) is 4.69. The summed E-state index contributed by atoms with van der Waals surface area (Å²) in [6.45, 7) is 0. The normalized spacial score (nSPS) is 12.0. The number of aliphatic imine (C=N–C) groups is 1. The molecule has 0 saturated heterocycles. The fourth-order valence-electron chi connectivity index (χ4n) is 3.17. The lowest BCUT2D eigenvalue weighted by Crippen LogP contribution is -2.36. The quantitative estimate of drug-likeness (QED) is 0.187. The number of rotatable bonds is 4. The summed E-state index contributed by atoms with van der Waals surface area (Å²) in [7, 11) is 1.22. The van der Waals surface area contributed by atoms with Crippen LogP contribution in [0.4, 0.5) is 33.5 Å². The molecule has 2 aromatic carbocycles. The van der Waals surface area contributed by atoms with Gasteiger partial charge in [-0.25, -0.2) is 8.78 Å². The number of alkyl halides is 3. The number of nitrogens with one attached hydrogen (secondary N) is 3. The second-order valence-corrected chi connectivity index (χ2v) is 7.42. The maximum Gasteiger partial charge on any atom is 0.435 e. The number of nitrogens with zero attached hydrogens (tertiary/aromatic N) is 4. The van der Waals surface area contributed by atoms with Gasteiger partial charge in [-0.3, -0.25) is 19.9 Å². The molecule has 14 heteroatoms. The van der Waals surface area contributed by atoms with Crippen molar-refractivity contribution in [3.8, 4) is 17.0 Å². The highest BCUT2D eigenvalue weighted by Crippen LogP contribution is 2.31. The number of guanidine groups is 1. The Morgan fingerprint density at radius 2 is 1.92 bits per heavy atom. The van der Waals surface area contributed by atoms with E-state index in [0.717, 1.165) is 29.1 Å². The summed E-state index contributed by atoms with van der Waals surface area (Å²) in [5.74, 6) is -3.35. The lowest BCUT2D eigenvalue weighted by molar-refractivity contribution is -0.141. The van der Waals surface area contributed by atoms with Crippen molar-refractivity contribution in [1.82, 2.24) is 25.3 Å². The molecule has 0 saturated carbocycles. The minimum atomic E-state index is -4.90. The van der Waals surface area contributed by atoms with Crippen LogP contribution in [0.15, 0.2) is 59.7 Å². The zero-order valence-corrected chi connectivity index (χ0v) is 18.2. The third kappa shape index (κ3) is 5.48. The molecule has 1 amide bonds. The Morgan fingerprint density at radius 1 is 1.14 bits per heavy atom. The first kappa shape index (κ1) is 24.4. The highest BCUT2D eigenvalue weighted by Gasteiger charge is 2.39. The fraction of sp³-hybridized carbons (Fsp3) is 0.0909. The van der Waals surface area contributed by atoms with Gasteiger partial charge in [-0.15, -0.1) is 0 Å². The Bertz CT molecular complexity index is 1460. The minimum absolute atomic E-state index is 0.0515. The molecule has 2 heterocycles. The first-order valence-electron chi connectivity index (χ1n) is 10.1. The lowest BCUT2D eigenvalue weighted by Gasteiger charge is -2.12. The molecule has 0 aliphatic heterocycles. The topological polar surface area (TPSA) is 120 Å². The van der Waals surface area contributed by atoms with E-state index in [9.17, 15) is 31.9 Å². The predicted octanol–water partition coefficient (Wildman–Crippen LogP) is 4.34. The summed E-state index contributed by atoms with van der Waals surface area (Å²) in [5, 5.41) is 23.9. The molecule has 4 rings (SSSR count). The van der Waals surface area contributed by atoms with E-state index in [4.69, 9.17) is 0 Å². The van der Waals surface area contributed by atoms with Crippen LogP contribution in [0.1, 0.15) is 16.1 Å². The second-order valence-electron chi connectivity index (χ2n) is 7.42. The number of amides is 1. The Balaban J connectivity index is 1.68. The van der Waals surface area contributed by atoms with Gasteiger partial charge in [0.1, 0.15) is 17.4 Å². The minimum Gasteiger partial charge on any atom is -0.508 e. The van der Waals surface area contributed by atoms with Crippen molar-refractivity contribution in [2.45, 2.75) is 6.18 Å². The van der Waals surface area contributed by atoms with Crippen molar-refractivity contribution < 1.29 is 31.9 Å². The van der Waals surface area contributed by atoms with Crippen LogP contribution in [0.3, 0.4) is 0 Å². The van der Waals surface area contributed by atoms with Gasteiger partial charge in [0.25, 0.3) is 5.91 Å². The van der Waals surface area contributed by atoms with Gasteiger partial charge in [0.15, 0.2) is 11.5 Å². The zero-order valence-electron chi connectivity index (χ0n) is 18.2. The number of aromatic amines is 1. The molecular weight excluding hydrogens is 489 g/mol. The summed E-state index contributed by atoms with van der Waals surface area (Å²) in [4.78, 5) is 16.8.